The highest BCUT2D eigenvalue weighted by atomic mass is 19.1. The number of nitrogens with zero attached hydrogens (tertiary/aromatic N) is 1. The van der Waals surface area contributed by atoms with Gasteiger partial charge in [0.05, 0.1) is 5.41 Å². The summed E-state index contributed by atoms with van der Waals surface area (Å²) in [5.41, 5.74) is 2.69. The van der Waals surface area contributed by atoms with Gasteiger partial charge in [0.25, 0.3) is 0 Å². The summed E-state index contributed by atoms with van der Waals surface area (Å²) in [6, 6.07) is 16.4. The van der Waals surface area contributed by atoms with Crippen molar-refractivity contribution in [3.8, 4) is 11.3 Å². The van der Waals surface area contributed by atoms with Crippen molar-refractivity contribution >= 4 is 5.91 Å². The Morgan fingerprint density at radius 2 is 1.87 bits per heavy atom. The van der Waals surface area contributed by atoms with Crippen LogP contribution in [0.4, 0.5) is 4.39 Å². The Morgan fingerprint density at radius 3 is 2.63 bits per heavy atom. The summed E-state index contributed by atoms with van der Waals surface area (Å²) in [5, 5.41) is 7.14. The molecule has 1 fully saturated rings. The van der Waals surface area contributed by atoms with Crippen LogP contribution in [0.1, 0.15) is 29.7 Å². The lowest BCUT2D eigenvalue weighted by Crippen LogP contribution is -2.46. The van der Waals surface area contributed by atoms with E-state index in [2.05, 4.69) is 10.5 Å². The van der Waals surface area contributed by atoms with Crippen molar-refractivity contribution in [2.24, 2.45) is 5.41 Å². The van der Waals surface area contributed by atoms with Crippen molar-refractivity contribution in [3.63, 3.8) is 0 Å². The van der Waals surface area contributed by atoms with Crippen LogP contribution in [0.5, 0.6) is 0 Å². The molecule has 30 heavy (non-hydrogen) atoms. The SMILES string of the molecule is Cc1ccccc1-c1cc(CC2(C(=O)NCc3ccccc3F)CCOCC2)on1. The van der Waals surface area contributed by atoms with Gasteiger partial charge in [0.1, 0.15) is 17.3 Å². The fraction of sp³-hybridized carbons (Fsp3) is 0.333. The molecule has 1 N–H and O–H groups in total. The van der Waals surface area contributed by atoms with Gasteiger partial charge in [0.15, 0.2) is 0 Å². The zero-order valence-electron chi connectivity index (χ0n) is 17.0. The van der Waals surface area contributed by atoms with Crippen molar-refractivity contribution in [1.82, 2.24) is 10.5 Å². The Kier molecular flexibility index (Phi) is 5.95. The third-order valence-electron chi connectivity index (χ3n) is 5.82. The fourth-order valence-electron chi connectivity index (χ4n) is 3.97. The molecule has 2 heterocycles. The Bertz CT molecular complexity index is 1020. The first-order valence-corrected chi connectivity index (χ1v) is 10.2. The molecule has 1 amide bonds. The minimum absolute atomic E-state index is 0.108. The summed E-state index contributed by atoms with van der Waals surface area (Å²) in [7, 11) is 0. The maximum Gasteiger partial charge on any atom is 0.227 e. The van der Waals surface area contributed by atoms with Gasteiger partial charge in [-0.05, 0) is 31.4 Å². The first kappa shape index (κ1) is 20.3. The zero-order chi connectivity index (χ0) is 21.0. The maximum absolute atomic E-state index is 13.9. The van der Waals surface area contributed by atoms with E-state index in [0.717, 1.165) is 16.8 Å². The van der Waals surface area contributed by atoms with Gasteiger partial charge < -0.3 is 14.6 Å². The normalized spacial score (nSPS) is 15.7. The van der Waals surface area contributed by atoms with E-state index in [9.17, 15) is 9.18 Å². The van der Waals surface area contributed by atoms with E-state index in [-0.39, 0.29) is 18.3 Å². The van der Waals surface area contributed by atoms with Gasteiger partial charge in [0, 0.05) is 43.4 Å². The Hall–Kier alpha value is -2.99. The highest BCUT2D eigenvalue weighted by Gasteiger charge is 2.41. The molecule has 0 radical (unpaired) electrons. The average molecular weight is 408 g/mol. The van der Waals surface area contributed by atoms with Crippen LogP contribution in [-0.4, -0.2) is 24.3 Å². The van der Waals surface area contributed by atoms with E-state index in [1.54, 1.807) is 18.2 Å². The van der Waals surface area contributed by atoms with Crippen LogP contribution in [0.25, 0.3) is 11.3 Å². The topological polar surface area (TPSA) is 64.4 Å². The van der Waals surface area contributed by atoms with Gasteiger partial charge in [-0.3, -0.25) is 4.79 Å². The Labute approximate surface area is 175 Å². The molecule has 1 saturated heterocycles. The smallest absolute Gasteiger partial charge is 0.227 e. The van der Waals surface area contributed by atoms with Gasteiger partial charge in [-0.15, -0.1) is 0 Å². The van der Waals surface area contributed by atoms with Crippen LogP contribution in [0.3, 0.4) is 0 Å². The molecule has 0 spiro atoms. The molecule has 1 aliphatic rings. The molecular weight excluding hydrogens is 383 g/mol. The molecule has 3 aromatic rings. The second-order valence-electron chi connectivity index (χ2n) is 7.84. The quantitative estimate of drug-likeness (QED) is 0.655. The van der Waals surface area contributed by atoms with Gasteiger partial charge in [-0.1, -0.05) is 47.6 Å². The lowest BCUT2D eigenvalue weighted by molar-refractivity contribution is -0.137. The van der Waals surface area contributed by atoms with Gasteiger partial charge in [0.2, 0.25) is 5.91 Å². The van der Waals surface area contributed by atoms with Crippen LogP contribution in [0.2, 0.25) is 0 Å². The number of carbonyl (C=O) groups excluding carboxylic acids is 1. The zero-order valence-corrected chi connectivity index (χ0v) is 17.0. The third-order valence-corrected chi connectivity index (χ3v) is 5.82. The second kappa shape index (κ2) is 8.79. The molecule has 1 aliphatic heterocycles. The number of amides is 1. The summed E-state index contributed by atoms with van der Waals surface area (Å²) in [5.74, 6) is 0.232. The highest BCUT2D eigenvalue weighted by Crippen LogP contribution is 2.36. The number of ether oxygens (including phenoxy) is 1. The number of nitrogens with one attached hydrogen (secondary N) is 1. The number of aromatic nitrogens is 1. The standard InChI is InChI=1S/C24H25FN2O3/c1-17-6-2-4-8-20(17)22-14-19(30-27-22)15-24(10-12-29-13-11-24)23(28)26-16-18-7-3-5-9-21(18)25/h2-9,14H,10-13,15-16H2,1H3,(H,26,28). The third kappa shape index (κ3) is 4.28. The summed E-state index contributed by atoms with van der Waals surface area (Å²) >= 11 is 0. The van der Waals surface area contributed by atoms with E-state index in [1.807, 2.05) is 37.3 Å². The Morgan fingerprint density at radius 1 is 1.13 bits per heavy atom. The molecule has 0 unspecified atom stereocenters. The molecule has 0 saturated carbocycles. The minimum atomic E-state index is -0.661. The van der Waals surface area contributed by atoms with Gasteiger partial charge in [-0.25, -0.2) is 4.39 Å². The van der Waals surface area contributed by atoms with Crippen molar-refractivity contribution in [3.05, 3.63) is 77.3 Å². The first-order chi connectivity index (χ1) is 14.6. The largest absolute Gasteiger partial charge is 0.381 e. The van der Waals surface area contributed by atoms with Crippen LogP contribution in [-0.2, 0) is 22.5 Å². The molecule has 156 valence electrons. The second-order valence-corrected chi connectivity index (χ2v) is 7.84. The molecule has 0 atom stereocenters. The summed E-state index contributed by atoms with van der Waals surface area (Å²) < 4.78 is 25.0. The lowest BCUT2D eigenvalue weighted by atomic mass is 9.75. The van der Waals surface area contributed by atoms with E-state index in [1.165, 1.54) is 6.07 Å². The highest BCUT2D eigenvalue weighted by molar-refractivity contribution is 5.83. The minimum Gasteiger partial charge on any atom is -0.381 e. The maximum atomic E-state index is 13.9. The fourth-order valence-corrected chi connectivity index (χ4v) is 3.97. The number of carbonyl (C=O) groups is 1. The van der Waals surface area contributed by atoms with Crippen molar-refractivity contribution < 1.29 is 18.4 Å². The van der Waals surface area contributed by atoms with E-state index >= 15 is 0 Å². The number of aryl methyl sites for hydroxylation is 1. The number of benzene rings is 2. The molecule has 0 bridgehead atoms. The van der Waals surface area contributed by atoms with Gasteiger partial charge in [-0.2, -0.15) is 0 Å². The average Bonchev–Trinajstić information content (AvgIpc) is 3.22. The predicted molar refractivity (Wildman–Crippen MR) is 111 cm³/mol. The molecular formula is C24H25FN2O3. The van der Waals surface area contributed by atoms with Gasteiger partial charge >= 0.3 is 0 Å². The summed E-state index contributed by atoms with van der Waals surface area (Å²) in [6.07, 6.45) is 1.59. The van der Waals surface area contributed by atoms with Crippen molar-refractivity contribution in [1.29, 1.82) is 0 Å². The number of hydrogen-bond acceptors (Lipinski definition) is 4. The molecule has 2 aromatic carbocycles. The first-order valence-electron chi connectivity index (χ1n) is 10.2. The molecule has 6 heteroatoms. The molecule has 5 nitrogen and oxygen atoms in total. The van der Waals surface area contributed by atoms with E-state index in [0.29, 0.717) is 43.8 Å². The number of halogens is 1. The lowest BCUT2D eigenvalue weighted by Gasteiger charge is -2.35. The molecule has 4 rings (SSSR count). The van der Waals surface area contributed by atoms with Crippen LogP contribution in [0, 0.1) is 18.2 Å². The van der Waals surface area contributed by atoms with Crippen molar-refractivity contribution in [2.75, 3.05) is 13.2 Å². The summed E-state index contributed by atoms with van der Waals surface area (Å²) in [6.45, 7) is 3.19. The number of hydrogen-bond donors (Lipinski definition) is 1. The van der Waals surface area contributed by atoms with E-state index < -0.39 is 5.41 Å². The summed E-state index contributed by atoms with van der Waals surface area (Å²) in [4.78, 5) is 13.2. The van der Waals surface area contributed by atoms with Crippen molar-refractivity contribution in [2.45, 2.75) is 32.7 Å². The Balaban J connectivity index is 1.52. The molecule has 0 aliphatic carbocycles. The van der Waals surface area contributed by atoms with Crippen LogP contribution < -0.4 is 5.32 Å². The number of rotatable bonds is 6. The van der Waals surface area contributed by atoms with Crippen LogP contribution >= 0.6 is 0 Å². The molecule has 1 aromatic heterocycles. The monoisotopic (exact) mass is 408 g/mol. The van der Waals surface area contributed by atoms with E-state index in [4.69, 9.17) is 9.26 Å². The predicted octanol–water partition coefficient (Wildman–Crippen LogP) is 4.44. The van der Waals surface area contributed by atoms with Crippen LogP contribution in [0.15, 0.2) is 59.1 Å².